The summed E-state index contributed by atoms with van der Waals surface area (Å²) in [7, 11) is 0. The van der Waals surface area contributed by atoms with Crippen molar-refractivity contribution in [1.82, 2.24) is 19.1 Å². The molecule has 0 bridgehead atoms. The van der Waals surface area contributed by atoms with Crippen molar-refractivity contribution in [3.8, 4) is 34.0 Å². The molecule has 0 N–H and O–H groups in total. The van der Waals surface area contributed by atoms with Gasteiger partial charge >= 0.3 is 0 Å². The fraction of sp³-hybridized carbons (Fsp3) is 0. The zero-order valence-electron chi connectivity index (χ0n) is 29.5. The van der Waals surface area contributed by atoms with Crippen LogP contribution in [0.5, 0.6) is 0 Å². The van der Waals surface area contributed by atoms with Crippen molar-refractivity contribution >= 4 is 76.5 Å². The van der Waals surface area contributed by atoms with Gasteiger partial charge in [-0.15, -0.1) is 0 Å². The number of rotatable bonds is 4. The molecule has 5 nitrogen and oxygen atoms in total. The fourth-order valence-electron chi connectivity index (χ4n) is 8.79. The number of benzene rings is 8. The Kier molecular flexibility index (Phi) is 6.27. The van der Waals surface area contributed by atoms with Gasteiger partial charge in [-0.05, 0) is 48.5 Å². The van der Waals surface area contributed by atoms with Gasteiger partial charge < -0.3 is 13.6 Å². The average Bonchev–Trinajstić information content (AvgIpc) is 3.92. The van der Waals surface area contributed by atoms with Gasteiger partial charge in [-0.1, -0.05) is 133 Å². The van der Waals surface area contributed by atoms with E-state index in [1.165, 1.54) is 21.5 Å². The van der Waals surface area contributed by atoms with Gasteiger partial charge in [-0.2, -0.15) is 0 Å². The van der Waals surface area contributed by atoms with Crippen LogP contribution < -0.4 is 0 Å². The fourth-order valence-corrected chi connectivity index (χ4v) is 8.79. The lowest BCUT2D eigenvalue weighted by Crippen LogP contribution is -1.99. The lowest BCUT2D eigenvalue weighted by molar-refractivity contribution is 0.671. The standard InChI is InChI=1S/C50H30N4O/c1-4-16-31(17-5-1)46-38-30-34(28-29-39(38)51-50(52-46)32-18-6-2-7-19-32)54-41-26-14-10-22-35(41)43-44-36-23-11-13-25-40(36)53(33-20-8-3-9-21-33)48(44)49-45(47(43)54)37-24-12-15-27-42(37)55-49/h1-30H. The predicted octanol–water partition coefficient (Wildman–Crippen LogP) is 13.1. The first-order valence-corrected chi connectivity index (χ1v) is 18.6. The van der Waals surface area contributed by atoms with Gasteiger partial charge in [-0.3, -0.25) is 0 Å². The highest BCUT2D eigenvalue weighted by atomic mass is 16.3. The van der Waals surface area contributed by atoms with Crippen molar-refractivity contribution in [2.45, 2.75) is 0 Å². The molecule has 0 unspecified atom stereocenters. The van der Waals surface area contributed by atoms with Crippen molar-refractivity contribution in [2.24, 2.45) is 0 Å². The lowest BCUT2D eigenvalue weighted by Gasteiger charge is -2.14. The molecule has 5 heteroatoms. The third-order valence-corrected chi connectivity index (χ3v) is 11.1. The van der Waals surface area contributed by atoms with Gasteiger partial charge in [0.25, 0.3) is 0 Å². The first-order chi connectivity index (χ1) is 27.3. The van der Waals surface area contributed by atoms with Crippen LogP contribution in [0.15, 0.2) is 186 Å². The molecule has 0 atom stereocenters. The highest BCUT2D eigenvalue weighted by molar-refractivity contribution is 6.39. The predicted molar refractivity (Wildman–Crippen MR) is 226 cm³/mol. The molecule has 0 aliphatic heterocycles. The summed E-state index contributed by atoms with van der Waals surface area (Å²) in [5.41, 5.74) is 12.1. The Hall–Kier alpha value is -7.50. The summed E-state index contributed by atoms with van der Waals surface area (Å²) in [5.74, 6) is 0.709. The van der Waals surface area contributed by atoms with E-state index in [1.54, 1.807) is 0 Å². The molecule has 4 aromatic heterocycles. The maximum Gasteiger partial charge on any atom is 0.162 e. The minimum Gasteiger partial charge on any atom is -0.454 e. The third kappa shape index (κ3) is 4.29. The first kappa shape index (κ1) is 30.0. The summed E-state index contributed by atoms with van der Waals surface area (Å²) in [6.07, 6.45) is 0. The highest BCUT2D eigenvalue weighted by Crippen LogP contribution is 2.49. The van der Waals surface area contributed by atoms with E-state index < -0.39 is 0 Å². The van der Waals surface area contributed by atoms with Gasteiger partial charge in [0.15, 0.2) is 11.4 Å². The van der Waals surface area contributed by atoms with Crippen molar-refractivity contribution < 1.29 is 4.42 Å². The molecule has 4 heterocycles. The number of nitrogens with zero attached hydrogens (tertiary/aromatic N) is 4. The van der Waals surface area contributed by atoms with Gasteiger partial charge in [-0.25, -0.2) is 9.97 Å². The van der Waals surface area contributed by atoms with E-state index in [0.717, 1.165) is 83.1 Å². The molecular formula is C50H30N4O. The largest absolute Gasteiger partial charge is 0.454 e. The van der Waals surface area contributed by atoms with Gasteiger partial charge in [0.05, 0.1) is 38.7 Å². The van der Waals surface area contributed by atoms with E-state index in [-0.39, 0.29) is 0 Å². The quantitative estimate of drug-likeness (QED) is 0.183. The topological polar surface area (TPSA) is 48.8 Å². The molecule has 0 saturated heterocycles. The van der Waals surface area contributed by atoms with Gasteiger partial charge in [0.1, 0.15) is 5.58 Å². The Labute approximate surface area is 315 Å². The normalized spacial score (nSPS) is 12.0. The van der Waals surface area contributed by atoms with Crippen molar-refractivity contribution in [3.05, 3.63) is 182 Å². The number of hydrogen-bond acceptors (Lipinski definition) is 3. The summed E-state index contributed by atoms with van der Waals surface area (Å²) >= 11 is 0. The first-order valence-electron chi connectivity index (χ1n) is 18.6. The molecule has 0 saturated carbocycles. The van der Waals surface area contributed by atoms with E-state index >= 15 is 0 Å². The molecule has 12 rings (SSSR count). The van der Waals surface area contributed by atoms with Gasteiger partial charge in [0, 0.05) is 54.8 Å². The minimum atomic E-state index is 0.709. The van der Waals surface area contributed by atoms with Crippen LogP contribution >= 0.6 is 0 Å². The Morgan fingerprint density at radius 2 is 0.964 bits per heavy atom. The average molecular weight is 703 g/mol. The summed E-state index contributed by atoms with van der Waals surface area (Å²) < 4.78 is 11.8. The molecule has 0 aliphatic carbocycles. The monoisotopic (exact) mass is 702 g/mol. The summed E-state index contributed by atoms with van der Waals surface area (Å²) in [6.45, 7) is 0. The maximum absolute atomic E-state index is 7.00. The van der Waals surface area contributed by atoms with E-state index in [0.29, 0.717) is 5.82 Å². The third-order valence-electron chi connectivity index (χ3n) is 11.1. The number of hydrogen-bond donors (Lipinski definition) is 0. The molecular weight excluding hydrogens is 673 g/mol. The van der Waals surface area contributed by atoms with Crippen LogP contribution in [0.25, 0.3) is 110 Å². The second-order valence-electron chi connectivity index (χ2n) is 14.1. The maximum atomic E-state index is 7.00. The molecule has 0 radical (unpaired) electrons. The molecule has 0 spiro atoms. The second kappa shape index (κ2) is 11.5. The molecule has 256 valence electrons. The van der Waals surface area contributed by atoms with Crippen LogP contribution in [0.2, 0.25) is 0 Å². The molecule has 55 heavy (non-hydrogen) atoms. The van der Waals surface area contributed by atoms with Crippen LogP contribution in [-0.2, 0) is 0 Å². The summed E-state index contributed by atoms with van der Waals surface area (Å²) in [6, 6.07) is 63.9. The van der Waals surface area contributed by atoms with Gasteiger partial charge in [0.2, 0.25) is 0 Å². The summed E-state index contributed by atoms with van der Waals surface area (Å²) in [4.78, 5) is 10.4. The number of aromatic nitrogens is 4. The summed E-state index contributed by atoms with van der Waals surface area (Å²) in [5, 5.41) is 7.91. The Balaban J connectivity index is 1.27. The zero-order valence-corrected chi connectivity index (χ0v) is 29.5. The Morgan fingerprint density at radius 3 is 1.67 bits per heavy atom. The Bertz CT molecular complexity index is 3470. The lowest BCUT2D eigenvalue weighted by atomic mass is 10.0. The van der Waals surface area contributed by atoms with E-state index in [2.05, 4.69) is 167 Å². The smallest absolute Gasteiger partial charge is 0.162 e. The van der Waals surface area contributed by atoms with Crippen molar-refractivity contribution in [2.75, 3.05) is 0 Å². The van der Waals surface area contributed by atoms with Crippen molar-refractivity contribution in [3.63, 3.8) is 0 Å². The molecule has 0 fully saturated rings. The van der Waals surface area contributed by atoms with E-state index in [4.69, 9.17) is 14.4 Å². The number of para-hydroxylation sites is 4. The van der Waals surface area contributed by atoms with Crippen molar-refractivity contribution in [1.29, 1.82) is 0 Å². The number of fused-ring (bicyclic) bond motifs is 13. The van der Waals surface area contributed by atoms with E-state index in [9.17, 15) is 0 Å². The Morgan fingerprint density at radius 1 is 0.400 bits per heavy atom. The minimum absolute atomic E-state index is 0.709. The highest BCUT2D eigenvalue weighted by Gasteiger charge is 2.27. The zero-order chi connectivity index (χ0) is 36.0. The van der Waals surface area contributed by atoms with E-state index in [1.807, 2.05) is 24.3 Å². The molecule has 8 aromatic carbocycles. The van der Waals surface area contributed by atoms with Crippen LogP contribution in [0.3, 0.4) is 0 Å². The molecule has 0 aliphatic rings. The van der Waals surface area contributed by atoms with Crippen LogP contribution in [0.1, 0.15) is 0 Å². The number of furan rings is 1. The molecule has 12 aromatic rings. The van der Waals surface area contributed by atoms with Crippen LogP contribution in [-0.4, -0.2) is 19.1 Å². The van der Waals surface area contributed by atoms with Crippen LogP contribution in [0, 0.1) is 0 Å². The van der Waals surface area contributed by atoms with Crippen LogP contribution in [0.4, 0.5) is 0 Å². The molecule has 0 amide bonds. The SMILES string of the molecule is c1ccc(-c2nc(-c3ccccc3)c3cc(-n4c5ccccc5c5c6c7ccccc7n(-c7ccccc7)c6c6oc7ccccc7c6c54)ccc3n2)cc1. The second-order valence-corrected chi connectivity index (χ2v) is 14.1.